The number of methoxy groups -OCH3 is 2. The Balaban J connectivity index is 2.64. The van der Waals surface area contributed by atoms with Crippen molar-refractivity contribution in [2.75, 3.05) is 14.2 Å². The minimum atomic E-state index is -0.307. The molecule has 0 bridgehead atoms. The van der Waals surface area contributed by atoms with Crippen LogP contribution in [0.4, 0.5) is 0 Å². The van der Waals surface area contributed by atoms with Gasteiger partial charge in [-0.25, -0.2) is 0 Å². The minimum Gasteiger partial charge on any atom is -0.352 e. The van der Waals surface area contributed by atoms with Crippen LogP contribution in [0.5, 0.6) is 0 Å². The maximum Gasteiger partial charge on any atom is 0.186 e. The molecule has 0 aromatic carbocycles. The number of nitrogens with zero attached hydrogens (tertiary/aromatic N) is 1. The average molecular weight is 142 g/mol. The second-order valence-electron chi connectivity index (χ2n) is 1.83. The van der Waals surface area contributed by atoms with Crippen molar-refractivity contribution >= 4 is 0 Å². The van der Waals surface area contributed by atoms with Crippen LogP contribution in [0.25, 0.3) is 0 Å². The number of aromatic nitrogens is 2. The van der Waals surface area contributed by atoms with Gasteiger partial charge < -0.3 is 9.47 Å². The summed E-state index contributed by atoms with van der Waals surface area (Å²) in [4.78, 5) is 0. The molecule has 56 valence electrons. The van der Waals surface area contributed by atoms with Crippen molar-refractivity contribution in [1.82, 2.24) is 10.2 Å². The Morgan fingerprint density at radius 1 is 1.50 bits per heavy atom. The molecule has 1 heterocycles. The van der Waals surface area contributed by atoms with Crippen LogP contribution in [0.2, 0.25) is 0 Å². The van der Waals surface area contributed by atoms with E-state index < -0.39 is 0 Å². The molecule has 1 rings (SSSR count). The minimum absolute atomic E-state index is 0.307. The molecule has 0 radical (unpaired) electrons. The normalized spacial score (nSPS) is 10.7. The summed E-state index contributed by atoms with van der Waals surface area (Å²) in [6, 6.07) is 0. The lowest BCUT2D eigenvalue weighted by Crippen LogP contribution is -2.01. The van der Waals surface area contributed by atoms with Gasteiger partial charge in [0, 0.05) is 26.0 Å². The first-order chi connectivity index (χ1) is 4.88. The third-order valence-corrected chi connectivity index (χ3v) is 1.22. The molecular weight excluding hydrogens is 132 g/mol. The fourth-order valence-electron chi connectivity index (χ4n) is 0.758. The van der Waals surface area contributed by atoms with Gasteiger partial charge in [-0.05, 0) is 0 Å². The summed E-state index contributed by atoms with van der Waals surface area (Å²) in [7, 11) is 3.17. The Bertz CT molecular complexity index is 170. The molecule has 1 aromatic rings. The van der Waals surface area contributed by atoms with Gasteiger partial charge in [-0.15, -0.1) is 0 Å². The highest BCUT2D eigenvalue weighted by Crippen LogP contribution is 2.13. The molecule has 0 amide bonds. The van der Waals surface area contributed by atoms with Crippen LogP contribution in [-0.2, 0) is 9.47 Å². The van der Waals surface area contributed by atoms with Gasteiger partial charge >= 0.3 is 0 Å². The molecule has 4 heteroatoms. The second-order valence-corrected chi connectivity index (χ2v) is 1.83. The molecule has 10 heavy (non-hydrogen) atoms. The van der Waals surface area contributed by atoms with E-state index in [1.807, 2.05) is 0 Å². The van der Waals surface area contributed by atoms with Gasteiger partial charge in [0.25, 0.3) is 0 Å². The predicted molar refractivity (Wildman–Crippen MR) is 35.3 cm³/mol. The van der Waals surface area contributed by atoms with Crippen LogP contribution in [0, 0.1) is 0 Å². The Hall–Kier alpha value is -0.870. The first-order valence-electron chi connectivity index (χ1n) is 2.92. The SMILES string of the molecule is COC(OC)c1cn[nH]c1. The van der Waals surface area contributed by atoms with E-state index in [2.05, 4.69) is 10.2 Å². The predicted octanol–water partition coefficient (Wildman–Crippen LogP) is 0.701. The van der Waals surface area contributed by atoms with Crippen molar-refractivity contribution < 1.29 is 9.47 Å². The Morgan fingerprint density at radius 2 is 2.20 bits per heavy atom. The van der Waals surface area contributed by atoms with Crippen LogP contribution < -0.4 is 0 Å². The summed E-state index contributed by atoms with van der Waals surface area (Å²) in [6.45, 7) is 0. The van der Waals surface area contributed by atoms with Gasteiger partial charge in [0.2, 0.25) is 0 Å². The maximum atomic E-state index is 4.96. The molecule has 0 atom stereocenters. The molecule has 1 N–H and O–H groups in total. The molecule has 0 saturated carbocycles. The Kier molecular flexibility index (Phi) is 2.42. The molecular formula is C6H10N2O2. The molecule has 0 unspecified atom stereocenters. The fourth-order valence-corrected chi connectivity index (χ4v) is 0.758. The first-order valence-corrected chi connectivity index (χ1v) is 2.92. The zero-order chi connectivity index (χ0) is 7.40. The topological polar surface area (TPSA) is 47.1 Å². The lowest BCUT2D eigenvalue weighted by Gasteiger charge is -2.09. The van der Waals surface area contributed by atoms with Crippen molar-refractivity contribution in [1.29, 1.82) is 0 Å². The first kappa shape index (κ1) is 7.24. The van der Waals surface area contributed by atoms with Crippen molar-refractivity contribution in [3.8, 4) is 0 Å². The molecule has 0 aliphatic carbocycles. The number of rotatable bonds is 3. The molecule has 1 aromatic heterocycles. The molecule has 0 saturated heterocycles. The number of ether oxygens (including phenoxy) is 2. The third kappa shape index (κ3) is 1.34. The van der Waals surface area contributed by atoms with Crippen molar-refractivity contribution in [3.05, 3.63) is 18.0 Å². The van der Waals surface area contributed by atoms with E-state index in [9.17, 15) is 0 Å². The fraction of sp³-hybridized carbons (Fsp3) is 0.500. The van der Waals surface area contributed by atoms with E-state index in [0.717, 1.165) is 5.56 Å². The number of hydrogen-bond donors (Lipinski definition) is 1. The average Bonchev–Trinajstić information content (AvgIpc) is 2.43. The number of H-pyrrole nitrogens is 1. The van der Waals surface area contributed by atoms with Gasteiger partial charge in [0.1, 0.15) is 0 Å². The highest BCUT2D eigenvalue weighted by Gasteiger charge is 2.07. The summed E-state index contributed by atoms with van der Waals surface area (Å²) in [5, 5.41) is 6.42. The van der Waals surface area contributed by atoms with E-state index in [1.165, 1.54) is 0 Å². The van der Waals surface area contributed by atoms with E-state index in [4.69, 9.17) is 9.47 Å². The summed E-state index contributed by atoms with van der Waals surface area (Å²) < 4.78 is 9.92. The van der Waals surface area contributed by atoms with Gasteiger partial charge in [0.05, 0.1) is 6.20 Å². The number of hydrogen-bond acceptors (Lipinski definition) is 3. The molecule has 0 spiro atoms. The molecule has 0 aliphatic heterocycles. The lowest BCUT2D eigenvalue weighted by atomic mass is 10.3. The van der Waals surface area contributed by atoms with E-state index in [0.29, 0.717) is 0 Å². The van der Waals surface area contributed by atoms with Gasteiger partial charge in [-0.2, -0.15) is 5.10 Å². The van der Waals surface area contributed by atoms with Crippen molar-refractivity contribution in [2.24, 2.45) is 0 Å². The molecule has 0 aliphatic rings. The van der Waals surface area contributed by atoms with Crippen LogP contribution in [0.3, 0.4) is 0 Å². The van der Waals surface area contributed by atoms with Crippen LogP contribution in [0.1, 0.15) is 11.9 Å². The molecule has 4 nitrogen and oxygen atoms in total. The second kappa shape index (κ2) is 3.34. The van der Waals surface area contributed by atoms with Gasteiger partial charge in [-0.3, -0.25) is 5.10 Å². The lowest BCUT2D eigenvalue weighted by molar-refractivity contribution is -0.106. The van der Waals surface area contributed by atoms with Gasteiger partial charge in [-0.1, -0.05) is 0 Å². The summed E-state index contributed by atoms with van der Waals surface area (Å²) in [5.41, 5.74) is 0.894. The Morgan fingerprint density at radius 3 is 2.60 bits per heavy atom. The third-order valence-electron chi connectivity index (χ3n) is 1.22. The maximum absolute atomic E-state index is 4.96. The van der Waals surface area contributed by atoms with E-state index in [1.54, 1.807) is 26.6 Å². The Labute approximate surface area is 59.2 Å². The van der Waals surface area contributed by atoms with Crippen molar-refractivity contribution in [2.45, 2.75) is 6.29 Å². The van der Waals surface area contributed by atoms with E-state index in [-0.39, 0.29) is 6.29 Å². The summed E-state index contributed by atoms with van der Waals surface area (Å²) >= 11 is 0. The monoisotopic (exact) mass is 142 g/mol. The summed E-state index contributed by atoms with van der Waals surface area (Å²) in [6.07, 6.45) is 3.09. The van der Waals surface area contributed by atoms with Crippen LogP contribution in [-0.4, -0.2) is 24.4 Å². The van der Waals surface area contributed by atoms with Crippen LogP contribution in [0.15, 0.2) is 12.4 Å². The zero-order valence-electron chi connectivity index (χ0n) is 6.00. The highest BCUT2D eigenvalue weighted by molar-refractivity contribution is 5.03. The van der Waals surface area contributed by atoms with E-state index >= 15 is 0 Å². The largest absolute Gasteiger partial charge is 0.352 e. The number of nitrogens with one attached hydrogen (secondary N) is 1. The summed E-state index contributed by atoms with van der Waals surface area (Å²) in [5.74, 6) is 0. The van der Waals surface area contributed by atoms with Crippen LogP contribution >= 0.6 is 0 Å². The smallest absolute Gasteiger partial charge is 0.186 e. The number of aromatic amines is 1. The van der Waals surface area contributed by atoms with Crippen molar-refractivity contribution in [3.63, 3.8) is 0 Å². The highest BCUT2D eigenvalue weighted by atomic mass is 16.7. The van der Waals surface area contributed by atoms with Gasteiger partial charge in [0.15, 0.2) is 6.29 Å². The standard InChI is InChI=1S/C6H10N2O2/c1-9-6(10-2)5-3-7-8-4-5/h3-4,6H,1-2H3,(H,7,8). The quantitative estimate of drug-likeness (QED) is 0.632. The zero-order valence-corrected chi connectivity index (χ0v) is 6.00. The molecule has 0 fully saturated rings.